The highest BCUT2D eigenvalue weighted by molar-refractivity contribution is 6.30. The maximum Gasteiger partial charge on any atom is 0.238 e. The van der Waals surface area contributed by atoms with Crippen LogP contribution in [0.3, 0.4) is 0 Å². The zero-order valence-electron chi connectivity index (χ0n) is 11.5. The molecule has 1 aliphatic rings. The first-order chi connectivity index (χ1) is 9.69. The Hall–Kier alpha value is -1.10. The van der Waals surface area contributed by atoms with Crippen LogP contribution >= 0.6 is 11.6 Å². The first-order valence-electron chi connectivity index (χ1n) is 7.09. The van der Waals surface area contributed by atoms with Gasteiger partial charge in [0, 0.05) is 23.4 Å². The van der Waals surface area contributed by atoms with Crippen molar-refractivity contribution in [2.45, 2.75) is 31.7 Å². The molecule has 110 valence electrons. The molecule has 0 spiro atoms. The number of nitrogens with one attached hydrogen (secondary N) is 1. The molecule has 0 radical (unpaired) electrons. The van der Waals surface area contributed by atoms with E-state index in [0.717, 1.165) is 37.9 Å². The summed E-state index contributed by atoms with van der Waals surface area (Å²) in [7, 11) is 0. The van der Waals surface area contributed by atoms with E-state index < -0.39 is 0 Å². The Bertz CT molecular complexity index is 436. The van der Waals surface area contributed by atoms with Crippen molar-refractivity contribution in [3.8, 4) is 0 Å². The molecule has 1 aliphatic heterocycles. The van der Waals surface area contributed by atoms with Crippen molar-refractivity contribution < 1.29 is 9.90 Å². The summed E-state index contributed by atoms with van der Waals surface area (Å²) in [6.07, 6.45) is 4.02. The normalized spacial score (nSPS) is 19.2. The largest absolute Gasteiger partial charge is 0.396 e. The first kappa shape index (κ1) is 15.3. The van der Waals surface area contributed by atoms with Crippen molar-refractivity contribution in [1.29, 1.82) is 0 Å². The van der Waals surface area contributed by atoms with Crippen molar-refractivity contribution >= 4 is 23.2 Å². The molecule has 2 N–H and O–H groups in total. The van der Waals surface area contributed by atoms with Gasteiger partial charge in [0.25, 0.3) is 0 Å². The van der Waals surface area contributed by atoms with Crippen molar-refractivity contribution in [3.63, 3.8) is 0 Å². The fourth-order valence-corrected chi connectivity index (χ4v) is 2.80. The minimum absolute atomic E-state index is 0.00298. The molecule has 1 heterocycles. The molecule has 1 fully saturated rings. The van der Waals surface area contributed by atoms with Crippen LogP contribution in [0.2, 0.25) is 5.02 Å². The van der Waals surface area contributed by atoms with Gasteiger partial charge in [0.15, 0.2) is 0 Å². The number of carbonyl (C=O) groups excluding carboxylic acids is 1. The van der Waals surface area contributed by atoms with E-state index in [-0.39, 0.29) is 12.5 Å². The number of hydrogen-bond donors (Lipinski definition) is 2. The third kappa shape index (κ3) is 4.47. The van der Waals surface area contributed by atoms with Crippen LogP contribution in [0.15, 0.2) is 24.3 Å². The fraction of sp³-hybridized carbons (Fsp3) is 0.533. The summed E-state index contributed by atoms with van der Waals surface area (Å²) in [6.45, 7) is 1.60. The van der Waals surface area contributed by atoms with E-state index in [9.17, 15) is 4.79 Å². The van der Waals surface area contributed by atoms with Gasteiger partial charge >= 0.3 is 0 Å². The first-order valence-corrected chi connectivity index (χ1v) is 7.47. The van der Waals surface area contributed by atoms with Gasteiger partial charge in [-0.2, -0.15) is 0 Å². The highest BCUT2D eigenvalue weighted by Crippen LogP contribution is 2.21. The van der Waals surface area contributed by atoms with Crippen LogP contribution in [0.5, 0.6) is 0 Å². The van der Waals surface area contributed by atoms with E-state index in [1.54, 1.807) is 24.3 Å². The number of nitrogens with zero attached hydrogens (tertiary/aromatic N) is 1. The molecule has 1 unspecified atom stereocenters. The van der Waals surface area contributed by atoms with Gasteiger partial charge in [0.05, 0.1) is 6.54 Å². The van der Waals surface area contributed by atoms with Gasteiger partial charge in [-0.3, -0.25) is 9.69 Å². The maximum absolute atomic E-state index is 12.0. The predicted octanol–water partition coefficient (Wildman–Crippen LogP) is 2.52. The van der Waals surface area contributed by atoms with Gasteiger partial charge in [0.1, 0.15) is 0 Å². The van der Waals surface area contributed by atoms with Crippen LogP contribution in [0.25, 0.3) is 0 Å². The zero-order chi connectivity index (χ0) is 14.4. The Balaban J connectivity index is 1.82. The predicted molar refractivity (Wildman–Crippen MR) is 81.0 cm³/mol. The number of hydrogen-bond acceptors (Lipinski definition) is 3. The van der Waals surface area contributed by atoms with E-state index in [2.05, 4.69) is 10.2 Å². The number of aliphatic hydroxyl groups is 1. The SMILES string of the molecule is O=C(CN1CCCC1CCCO)Nc1ccc(Cl)cc1. The summed E-state index contributed by atoms with van der Waals surface area (Å²) in [4.78, 5) is 14.2. The lowest BCUT2D eigenvalue weighted by Gasteiger charge is -2.23. The van der Waals surface area contributed by atoms with Crippen molar-refractivity contribution in [3.05, 3.63) is 29.3 Å². The van der Waals surface area contributed by atoms with E-state index in [4.69, 9.17) is 16.7 Å². The van der Waals surface area contributed by atoms with Crippen LogP contribution in [-0.2, 0) is 4.79 Å². The molecular formula is C15H21ClN2O2. The Labute approximate surface area is 124 Å². The molecule has 0 aliphatic carbocycles. The molecule has 0 saturated carbocycles. The standard InChI is InChI=1S/C15H21ClN2O2/c16-12-5-7-13(8-6-12)17-15(20)11-18-9-1-3-14(18)4-2-10-19/h5-8,14,19H,1-4,9-11H2,(H,17,20). The molecule has 20 heavy (non-hydrogen) atoms. The number of amides is 1. The molecule has 4 nitrogen and oxygen atoms in total. The molecule has 1 amide bonds. The second-order valence-corrected chi connectivity index (χ2v) is 5.62. The maximum atomic E-state index is 12.0. The number of carbonyl (C=O) groups is 1. The molecule has 5 heteroatoms. The topological polar surface area (TPSA) is 52.6 Å². The molecule has 2 rings (SSSR count). The van der Waals surface area contributed by atoms with Crippen LogP contribution in [0.4, 0.5) is 5.69 Å². The van der Waals surface area contributed by atoms with Crippen molar-refractivity contribution in [2.24, 2.45) is 0 Å². The summed E-state index contributed by atoms with van der Waals surface area (Å²) in [6, 6.07) is 7.55. The van der Waals surface area contributed by atoms with Crippen LogP contribution in [-0.4, -0.2) is 41.7 Å². The van der Waals surface area contributed by atoms with Crippen LogP contribution < -0.4 is 5.32 Å². The van der Waals surface area contributed by atoms with Crippen molar-refractivity contribution in [2.75, 3.05) is 25.0 Å². The van der Waals surface area contributed by atoms with Crippen LogP contribution in [0.1, 0.15) is 25.7 Å². The summed E-state index contributed by atoms with van der Waals surface area (Å²) < 4.78 is 0. The van der Waals surface area contributed by atoms with E-state index in [1.807, 2.05) is 0 Å². The lowest BCUT2D eigenvalue weighted by molar-refractivity contribution is -0.117. The third-order valence-electron chi connectivity index (χ3n) is 3.67. The smallest absolute Gasteiger partial charge is 0.238 e. The lowest BCUT2D eigenvalue weighted by Crippen LogP contribution is -2.36. The van der Waals surface area contributed by atoms with Gasteiger partial charge < -0.3 is 10.4 Å². The lowest BCUT2D eigenvalue weighted by atomic mass is 10.1. The Morgan fingerprint density at radius 3 is 2.85 bits per heavy atom. The minimum Gasteiger partial charge on any atom is -0.396 e. The monoisotopic (exact) mass is 296 g/mol. The number of aliphatic hydroxyl groups excluding tert-OH is 1. The highest BCUT2D eigenvalue weighted by atomic mass is 35.5. The van der Waals surface area contributed by atoms with Gasteiger partial charge in [0.2, 0.25) is 5.91 Å². The third-order valence-corrected chi connectivity index (χ3v) is 3.92. The second kappa shape index (κ2) is 7.62. The molecule has 1 aromatic carbocycles. The quantitative estimate of drug-likeness (QED) is 0.848. The number of anilines is 1. The summed E-state index contributed by atoms with van der Waals surface area (Å²) in [5, 5.41) is 12.4. The summed E-state index contributed by atoms with van der Waals surface area (Å²) in [5.74, 6) is 0.00298. The fourth-order valence-electron chi connectivity index (χ4n) is 2.68. The molecule has 0 aromatic heterocycles. The summed E-state index contributed by atoms with van der Waals surface area (Å²) >= 11 is 5.81. The molecule has 1 aromatic rings. The molecule has 0 bridgehead atoms. The van der Waals surface area contributed by atoms with Gasteiger partial charge in [-0.15, -0.1) is 0 Å². The van der Waals surface area contributed by atoms with Crippen molar-refractivity contribution in [1.82, 2.24) is 4.90 Å². The van der Waals surface area contributed by atoms with E-state index in [0.29, 0.717) is 17.6 Å². The van der Waals surface area contributed by atoms with Crippen LogP contribution in [0, 0.1) is 0 Å². The zero-order valence-corrected chi connectivity index (χ0v) is 12.3. The Morgan fingerprint density at radius 1 is 1.40 bits per heavy atom. The Kier molecular flexibility index (Phi) is 5.83. The van der Waals surface area contributed by atoms with Gasteiger partial charge in [-0.1, -0.05) is 11.6 Å². The molecule has 1 atom stereocenters. The number of likely N-dealkylation sites (tertiary alicyclic amines) is 1. The summed E-state index contributed by atoms with van der Waals surface area (Å²) in [5.41, 5.74) is 0.769. The average Bonchev–Trinajstić information content (AvgIpc) is 2.86. The molecular weight excluding hydrogens is 276 g/mol. The van der Waals surface area contributed by atoms with Gasteiger partial charge in [-0.25, -0.2) is 0 Å². The number of rotatable bonds is 6. The number of benzene rings is 1. The average molecular weight is 297 g/mol. The Morgan fingerprint density at radius 2 is 2.15 bits per heavy atom. The minimum atomic E-state index is 0.00298. The van der Waals surface area contributed by atoms with Gasteiger partial charge in [-0.05, 0) is 56.5 Å². The second-order valence-electron chi connectivity index (χ2n) is 5.19. The van der Waals surface area contributed by atoms with E-state index in [1.165, 1.54) is 0 Å². The molecule has 1 saturated heterocycles. The number of halogens is 1. The van der Waals surface area contributed by atoms with E-state index >= 15 is 0 Å². The highest BCUT2D eigenvalue weighted by Gasteiger charge is 2.25.